The zero-order valence-corrected chi connectivity index (χ0v) is 12.1. The van der Waals surface area contributed by atoms with Crippen LogP contribution in [0.15, 0.2) is 0 Å². The number of hydrogen-bond donors (Lipinski definition) is 1. The van der Waals surface area contributed by atoms with E-state index in [-0.39, 0.29) is 5.54 Å². The maximum Gasteiger partial charge on any atom is 0.0215 e. The zero-order valence-electron chi connectivity index (χ0n) is 11.3. The highest BCUT2D eigenvalue weighted by atomic mass is 32.2. The molecule has 1 N–H and O–H groups in total. The van der Waals surface area contributed by atoms with E-state index >= 15 is 0 Å². The molecule has 0 aromatic heterocycles. The molecule has 0 heterocycles. The summed E-state index contributed by atoms with van der Waals surface area (Å²) in [5, 5.41) is 3.58. The highest BCUT2D eigenvalue weighted by Crippen LogP contribution is 2.05. The van der Waals surface area contributed by atoms with Crippen molar-refractivity contribution in [3.8, 4) is 0 Å². The number of nitrogens with one attached hydrogen (secondary N) is 1. The summed E-state index contributed by atoms with van der Waals surface area (Å²) >= 11 is 1.92. The Hall–Kier alpha value is 0.270. The van der Waals surface area contributed by atoms with Crippen LogP contribution in [0.2, 0.25) is 0 Å². The number of thioether (sulfide) groups is 1. The van der Waals surface area contributed by atoms with Crippen LogP contribution in [-0.2, 0) is 0 Å². The van der Waals surface area contributed by atoms with Crippen molar-refractivity contribution in [2.75, 3.05) is 32.1 Å². The van der Waals surface area contributed by atoms with Crippen LogP contribution in [0.1, 0.15) is 34.1 Å². The number of hydrogen-bond acceptors (Lipinski definition) is 3. The van der Waals surface area contributed by atoms with Gasteiger partial charge in [-0.1, -0.05) is 6.92 Å². The molecule has 0 fully saturated rings. The van der Waals surface area contributed by atoms with Gasteiger partial charge >= 0.3 is 0 Å². The molecule has 0 radical (unpaired) electrons. The second-order valence-electron chi connectivity index (χ2n) is 5.17. The first-order chi connectivity index (χ1) is 6.90. The predicted octanol–water partition coefficient (Wildman–Crippen LogP) is 2.45. The first-order valence-electron chi connectivity index (χ1n) is 5.85. The van der Waals surface area contributed by atoms with Crippen molar-refractivity contribution in [2.24, 2.45) is 0 Å². The Morgan fingerprint density at radius 3 is 2.33 bits per heavy atom. The standard InChI is InChI=1S/C12H28N2S/c1-7-11(10-13-12(2,3)4)14(5)8-9-15-6/h11,13H,7-10H2,1-6H3. The number of likely N-dealkylation sites (N-methyl/N-ethyl adjacent to an activating group) is 1. The molecule has 0 aromatic carbocycles. The smallest absolute Gasteiger partial charge is 0.0215 e. The Balaban J connectivity index is 3.90. The lowest BCUT2D eigenvalue weighted by Crippen LogP contribution is -2.46. The summed E-state index contributed by atoms with van der Waals surface area (Å²) < 4.78 is 0. The van der Waals surface area contributed by atoms with Crippen molar-refractivity contribution in [3.05, 3.63) is 0 Å². The highest BCUT2D eigenvalue weighted by Gasteiger charge is 2.15. The minimum atomic E-state index is 0.230. The Morgan fingerprint density at radius 1 is 1.33 bits per heavy atom. The normalized spacial score (nSPS) is 14.6. The predicted molar refractivity (Wildman–Crippen MR) is 72.8 cm³/mol. The number of nitrogens with zero attached hydrogens (tertiary/aromatic N) is 1. The lowest BCUT2D eigenvalue weighted by atomic mass is 10.1. The van der Waals surface area contributed by atoms with Gasteiger partial charge in [0.15, 0.2) is 0 Å². The quantitative estimate of drug-likeness (QED) is 0.726. The zero-order chi connectivity index (χ0) is 11.9. The second kappa shape index (κ2) is 7.53. The van der Waals surface area contributed by atoms with Gasteiger partial charge in [0.25, 0.3) is 0 Å². The van der Waals surface area contributed by atoms with Crippen molar-refractivity contribution in [1.29, 1.82) is 0 Å². The Bertz CT molecular complexity index is 154. The van der Waals surface area contributed by atoms with E-state index in [0.29, 0.717) is 6.04 Å². The van der Waals surface area contributed by atoms with Gasteiger partial charge in [0.2, 0.25) is 0 Å². The van der Waals surface area contributed by atoms with Gasteiger partial charge < -0.3 is 10.2 Å². The Morgan fingerprint density at radius 2 is 1.93 bits per heavy atom. The molecule has 1 unspecified atom stereocenters. The number of rotatable bonds is 7. The van der Waals surface area contributed by atoms with Gasteiger partial charge in [-0.2, -0.15) is 11.8 Å². The van der Waals surface area contributed by atoms with Crippen LogP contribution in [0.3, 0.4) is 0 Å². The highest BCUT2D eigenvalue weighted by molar-refractivity contribution is 7.98. The van der Waals surface area contributed by atoms with Crippen molar-refractivity contribution in [1.82, 2.24) is 10.2 Å². The van der Waals surface area contributed by atoms with E-state index in [9.17, 15) is 0 Å². The summed E-state index contributed by atoms with van der Waals surface area (Å²) in [6, 6.07) is 0.663. The van der Waals surface area contributed by atoms with Gasteiger partial charge in [-0.3, -0.25) is 0 Å². The average Bonchev–Trinajstić information content (AvgIpc) is 2.13. The topological polar surface area (TPSA) is 15.3 Å². The maximum atomic E-state index is 3.58. The molecule has 15 heavy (non-hydrogen) atoms. The van der Waals surface area contributed by atoms with Gasteiger partial charge in [0.1, 0.15) is 0 Å². The second-order valence-corrected chi connectivity index (χ2v) is 6.15. The Labute approximate surface area is 100 Å². The molecule has 0 aromatic rings. The van der Waals surface area contributed by atoms with E-state index in [1.54, 1.807) is 0 Å². The van der Waals surface area contributed by atoms with Crippen LogP contribution < -0.4 is 5.32 Å². The van der Waals surface area contributed by atoms with E-state index in [1.807, 2.05) is 11.8 Å². The maximum absolute atomic E-state index is 3.58. The summed E-state index contributed by atoms with van der Waals surface area (Å²) in [7, 11) is 2.23. The monoisotopic (exact) mass is 232 g/mol. The van der Waals surface area contributed by atoms with Gasteiger partial charge in [0.05, 0.1) is 0 Å². The molecule has 0 rings (SSSR count). The molecule has 0 amide bonds. The van der Waals surface area contributed by atoms with Gasteiger partial charge in [-0.05, 0) is 40.5 Å². The fourth-order valence-corrected chi connectivity index (χ4v) is 1.92. The molecule has 0 saturated carbocycles. The molecular formula is C12H28N2S. The van der Waals surface area contributed by atoms with Crippen LogP contribution in [0.4, 0.5) is 0 Å². The molecule has 0 aliphatic rings. The third-order valence-electron chi connectivity index (χ3n) is 2.61. The third-order valence-corrected chi connectivity index (χ3v) is 3.20. The van der Waals surface area contributed by atoms with E-state index in [2.05, 4.69) is 51.2 Å². The molecular weight excluding hydrogens is 204 g/mol. The molecule has 3 heteroatoms. The minimum Gasteiger partial charge on any atom is -0.311 e. The summed E-state index contributed by atoms with van der Waals surface area (Å²) in [4.78, 5) is 2.47. The van der Waals surface area contributed by atoms with Crippen molar-refractivity contribution < 1.29 is 0 Å². The van der Waals surface area contributed by atoms with E-state index in [0.717, 1.165) is 6.54 Å². The third kappa shape index (κ3) is 8.12. The molecule has 0 aliphatic carbocycles. The fraction of sp³-hybridized carbons (Fsp3) is 1.00. The largest absolute Gasteiger partial charge is 0.311 e. The first kappa shape index (κ1) is 15.3. The van der Waals surface area contributed by atoms with E-state index in [4.69, 9.17) is 0 Å². The van der Waals surface area contributed by atoms with Crippen LogP contribution in [0.5, 0.6) is 0 Å². The summed E-state index contributed by atoms with van der Waals surface area (Å²) in [5.41, 5.74) is 0.230. The van der Waals surface area contributed by atoms with Gasteiger partial charge in [-0.15, -0.1) is 0 Å². The van der Waals surface area contributed by atoms with Gasteiger partial charge in [-0.25, -0.2) is 0 Å². The lowest BCUT2D eigenvalue weighted by Gasteiger charge is -2.30. The molecule has 1 atom stereocenters. The van der Waals surface area contributed by atoms with E-state index in [1.165, 1.54) is 18.7 Å². The molecule has 0 bridgehead atoms. The van der Waals surface area contributed by atoms with Crippen LogP contribution in [0, 0.1) is 0 Å². The molecule has 0 spiro atoms. The summed E-state index contributed by atoms with van der Waals surface area (Å²) in [5.74, 6) is 1.22. The molecule has 92 valence electrons. The summed E-state index contributed by atoms with van der Waals surface area (Å²) in [6.45, 7) is 11.2. The molecule has 0 aliphatic heterocycles. The van der Waals surface area contributed by atoms with Crippen LogP contribution in [0.25, 0.3) is 0 Å². The lowest BCUT2D eigenvalue weighted by molar-refractivity contribution is 0.227. The first-order valence-corrected chi connectivity index (χ1v) is 7.24. The molecule has 0 saturated heterocycles. The average molecular weight is 232 g/mol. The van der Waals surface area contributed by atoms with Crippen molar-refractivity contribution in [2.45, 2.75) is 45.7 Å². The Kier molecular flexibility index (Phi) is 7.66. The van der Waals surface area contributed by atoms with Crippen molar-refractivity contribution in [3.63, 3.8) is 0 Å². The van der Waals surface area contributed by atoms with Gasteiger partial charge in [0, 0.05) is 30.4 Å². The SMILES string of the molecule is CCC(CNC(C)(C)C)N(C)CCSC. The fourth-order valence-electron chi connectivity index (χ4n) is 1.45. The summed E-state index contributed by atoms with van der Waals surface area (Å²) in [6.07, 6.45) is 3.39. The minimum absolute atomic E-state index is 0.230. The van der Waals surface area contributed by atoms with E-state index < -0.39 is 0 Å². The van der Waals surface area contributed by atoms with Crippen LogP contribution >= 0.6 is 11.8 Å². The molecule has 2 nitrogen and oxygen atoms in total. The van der Waals surface area contributed by atoms with Crippen molar-refractivity contribution >= 4 is 11.8 Å². The van der Waals surface area contributed by atoms with Crippen LogP contribution in [-0.4, -0.2) is 48.6 Å².